The maximum atomic E-state index is 13.6. The van der Waals surface area contributed by atoms with Crippen LogP contribution < -0.4 is 19.6 Å². The summed E-state index contributed by atoms with van der Waals surface area (Å²) in [5, 5.41) is 1.61. The number of benzene rings is 4. The fraction of sp³-hybridized carbons (Fsp3) is 0.167. The second-order valence-electron chi connectivity index (χ2n) is 8.29. The predicted octanol–water partition coefficient (Wildman–Crippen LogP) is 8.22. The minimum atomic E-state index is -0.633. The van der Waals surface area contributed by atoms with Gasteiger partial charge in [-0.3, -0.25) is 4.79 Å². The Kier molecular flexibility index (Phi) is 6.86. The first-order valence-electron chi connectivity index (χ1n) is 11.7. The molecule has 6 heteroatoms. The van der Waals surface area contributed by atoms with Crippen molar-refractivity contribution in [1.82, 2.24) is 0 Å². The highest BCUT2D eigenvalue weighted by Gasteiger charge is 2.29. The van der Waals surface area contributed by atoms with Crippen molar-refractivity contribution in [2.75, 3.05) is 20.8 Å². The van der Waals surface area contributed by atoms with Crippen LogP contribution in [0.2, 0.25) is 5.02 Å². The third-order valence-electron chi connectivity index (χ3n) is 6.12. The smallest absolute Gasteiger partial charge is 0.234 e. The number of halogens is 1. The standard InChI is InChI=1S/C30H26ClO4S/c1-4-17-35-26-16-14-23(31)28-29(32)21-10-6-8-12-27(21)36(30(26)28)19-13-15-25(34-3)22(18-19)20-9-5-7-11-24(20)33-2/h5-16,18H,4,17H2,1-3H3/q+1. The molecule has 1 aromatic heterocycles. The Morgan fingerprint density at radius 2 is 1.50 bits per heavy atom. The zero-order valence-corrected chi connectivity index (χ0v) is 21.9. The fourth-order valence-electron chi connectivity index (χ4n) is 4.49. The summed E-state index contributed by atoms with van der Waals surface area (Å²) in [7, 11) is 2.69. The fourth-order valence-corrected chi connectivity index (χ4v) is 7.27. The van der Waals surface area contributed by atoms with Gasteiger partial charge in [0.2, 0.25) is 10.1 Å². The van der Waals surface area contributed by atoms with E-state index >= 15 is 0 Å². The Labute approximate surface area is 217 Å². The molecular formula is C30H26ClO4S+. The van der Waals surface area contributed by atoms with Crippen LogP contribution in [0.25, 0.3) is 36.2 Å². The molecule has 4 nitrogen and oxygen atoms in total. The number of hydrogen-bond donors (Lipinski definition) is 0. The second-order valence-corrected chi connectivity index (χ2v) is 10.6. The number of ether oxygens (including phenoxy) is 3. The zero-order chi connectivity index (χ0) is 25.2. The molecule has 0 amide bonds. The number of hydrogen-bond acceptors (Lipinski definition) is 4. The molecule has 0 spiro atoms. The molecule has 0 bridgehead atoms. The van der Waals surface area contributed by atoms with E-state index in [1.54, 1.807) is 20.3 Å². The van der Waals surface area contributed by atoms with Crippen molar-refractivity contribution >= 4 is 42.2 Å². The first-order valence-corrected chi connectivity index (χ1v) is 13.3. The molecule has 5 rings (SSSR count). The molecule has 182 valence electrons. The van der Waals surface area contributed by atoms with E-state index in [0.29, 0.717) is 28.2 Å². The molecule has 0 radical (unpaired) electrons. The lowest BCUT2D eigenvalue weighted by Gasteiger charge is -2.14. The van der Waals surface area contributed by atoms with Crippen molar-refractivity contribution in [2.24, 2.45) is 0 Å². The lowest BCUT2D eigenvalue weighted by molar-refractivity contribution is 0.321. The van der Waals surface area contributed by atoms with E-state index in [1.807, 2.05) is 60.7 Å². The van der Waals surface area contributed by atoms with Gasteiger partial charge in [-0.2, -0.15) is 0 Å². The van der Waals surface area contributed by atoms with Crippen LogP contribution in [0.3, 0.4) is 0 Å². The summed E-state index contributed by atoms with van der Waals surface area (Å²) in [6, 6.07) is 25.4. The van der Waals surface area contributed by atoms with E-state index < -0.39 is 10.5 Å². The van der Waals surface area contributed by atoms with Gasteiger partial charge in [-0.25, -0.2) is 0 Å². The molecule has 0 aliphatic carbocycles. The van der Waals surface area contributed by atoms with Gasteiger partial charge in [0.25, 0.3) is 0 Å². The molecule has 0 aliphatic rings. The Hall–Kier alpha value is -3.54. The van der Waals surface area contributed by atoms with Crippen molar-refractivity contribution in [1.29, 1.82) is 0 Å². The summed E-state index contributed by atoms with van der Waals surface area (Å²) in [5.74, 6) is 2.19. The average molecular weight is 518 g/mol. The van der Waals surface area contributed by atoms with Crippen LogP contribution in [0.4, 0.5) is 0 Å². The summed E-state index contributed by atoms with van der Waals surface area (Å²) >= 11 is 6.67. The van der Waals surface area contributed by atoms with Gasteiger partial charge in [0.1, 0.15) is 16.9 Å². The maximum absolute atomic E-state index is 13.6. The first kappa shape index (κ1) is 24.2. The summed E-state index contributed by atoms with van der Waals surface area (Å²) in [4.78, 5) is 14.7. The third kappa shape index (κ3) is 4.08. The van der Waals surface area contributed by atoms with E-state index in [0.717, 1.165) is 43.3 Å². The highest BCUT2D eigenvalue weighted by molar-refractivity contribution is 7.49. The van der Waals surface area contributed by atoms with Gasteiger partial charge >= 0.3 is 0 Å². The average Bonchev–Trinajstić information content (AvgIpc) is 2.92. The van der Waals surface area contributed by atoms with Crippen molar-refractivity contribution in [3.8, 4) is 33.3 Å². The normalized spacial score (nSPS) is 11.6. The topological polar surface area (TPSA) is 44.8 Å². The van der Waals surface area contributed by atoms with E-state index in [-0.39, 0.29) is 5.43 Å². The van der Waals surface area contributed by atoms with Gasteiger partial charge in [-0.15, -0.1) is 0 Å². The molecule has 4 aromatic carbocycles. The van der Waals surface area contributed by atoms with Crippen LogP contribution in [0.15, 0.2) is 83.7 Å². The summed E-state index contributed by atoms with van der Waals surface area (Å²) in [5.41, 5.74) is 1.76. The zero-order valence-electron chi connectivity index (χ0n) is 20.3. The van der Waals surface area contributed by atoms with Gasteiger partial charge in [0.15, 0.2) is 15.3 Å². The Bertz CT molecular complexity index is 1640. The van der Waals surface area contributed by atoms with Gasteiger partial charge in [0.05, 0.1) is 31.2 Å². The van der Waals surface area contributed by atoms with Crippen molar-refractivity contribution in [3.05, 3.63) is 94.1 Å². The number of methoxy groups -OCH3 is 2. The van der Waals surface area contributed by atoms with Crippen LogP contribution in [0.5, 0.6) is 17.2 Å². The SMILES string of the molecule is CCCOc1ccc(Cl)c2c(=O)c3ccccc3[s+](-c3ccc(OC)c(-c4ccccc4OC)c3)c12. The highest BCUT2D eigenvalue weighted by Crippen LogP contribution is 2.50. The van der Waals surface area contributed by atoms with E-state index in [4.69, 9.17) is 25.8 Å². The molecule has 1 heterocycles. The van der Waals surface area contributed by atoms with Gasteiger partial charge in [-0.05, 0) is 42.8 Å². The van der Waals surface area contributed by atoms with Crippen LogP contribution in [0, 0.1) is 0 Å². The molecule has 0 N–H and O–H groups in total. The molecule has 1 atom stereocenters. The highest BCUT2D eigenvalue weighted by atomic mass is 35.5. The van der Waals surface area contributed by atoms with Crippen LogP contribution >= 0.6 is 22.1 Å². The van der Waals surface area contributed by atoms with Gasteiger partial charge < -0.3 is 14.2 Å². The van der Waals surface area contributed by atoms with E-state index in [9.17, 15) is 4.79 Å². The molecule has 5 aromatic rings. The van der Waals surface area contributed by atoms with Crippen LogP contribution in [-0.4, -0.2) is 20.8 Å². The van der Waals surface area contributed by atoms with Gasteiger partial charge in [-0.1, -0.05) is 48.9 Å². The largest absolute Gasteiger partial charge is 0.496 e. The predicted molar refractivity (Wildman–Crippen MR) is 151 cm³/mol. The van der Waals surface area contributed by atoms with Crippen molar-refractivity contribution < 1.29 is 14.2 Å². The molecule has 0 saturated heterocycles. The monoisotopic (exact) mass is 517 g/mol. The number of para-hydroxylation sites is 1. The van der Waals surface area contributed by atoms with E-state index in [1.165, 1.54) is 0 Å². The summed E-state index contributed by atoms with van der Waals surface area (Å²) in [6.07, 6.45) is 0.857. The number of fused-ring (bicyclic) bond motifs is 2. The molecule has 0 saturated carbocycles. The Morgan fingerprint density at radius 1 is 0.806 bits per heavy atom. The molecule has 0 fully saturated rings. The van der Waals surface area contributed by atoms with Crippen LogP contribution in [-0.2, 0) is 0 Å². The first-order chi connectivity index (χ1) is 17.6. The van der Waals surface area contributed by atoms with Gasteiger partial charge in [0, 0.05) is 33.7 Å². The maximum Gasteiger partial charge on any atom is 0.234 e. The number of rotatable bonds is 7. The minimum absolute atomic E-state index is 0.0743. The van der Waals surface area contributed by atoms with Crippen molar-refractivity contribution in [3.63, 3.8) is 0 Å². The van der Waals surface area contributed by atoms with Crippen molar-refractivity contribution in [2.45, 2.75) is 13.3 Å². The Balaban J connectivity index is 1.92. The molecule has 0 aliphatic heterocycles. The second kappa shape index (κ2) is 10.2. The lowest BCUT2D eigenvalue weighted by atomic mass is 10.0. The summed E-state index contributed by atoms with van der Waals surface area (Å²) < 4.78 is 19.4. The third-order valence-corrected chi connectivity index (χ3v) is 8.77. The molecule has 36 heavy (non-hydrogen) atoms. The van der Waals surface area contributed by atoms with E-state index in [2.05, 4.69) is 19.1 Å². The quantitative estimate of drug-likeness (QED) is 0.161. The van der Waals surface area contributed by atoms with Crippen LogP contribution in [0.1, 0.15) is 13.3 Å². The summed E-state index contributed by atoms with van der Waals surface area (Å²) in [6.45, 7) is 2.61. The molecule has 1 unspecified atom stereocenters. The minimum Gasteiger partial charge on any atom is -0.496 e. The Morgan fingerprint density at radius 3 is 2.28 bits per heavy atom. The molecular weight excluding hydrogens is 492 g/mol. The lowest BCUT2D eigenvalue weighted by Crippen LogP contribution is -2.05.